The normalized spacial score (nSPS) is 14.9. The highest BCUT2D eigenvalue weighted by molar-refractivity contribution is 5.95. The van der Waals surface area contributed by atoms with Crippen LogP contribution in [0.3, 0.4) is 0 Å². The van der Waals surface area contributed by atoms with Gasteiger partial charge in [0, 0.05) is 17.4 Å². The molecule has 0 saturated heterocycles. The van der Waals surface area contributed by atoms with Crippen LogP contribution in [0.15, 0.2) is 54.7 Å². The van der Waals surface area contributed by atoms with Crippen LogP contribution in [0, 0.1) is 0 Å². The first-order chi connectivity index (χ1) is 15.3. The summed E-state index contributed by atoms with van der Waals surface area (Å²) in [5.74, 6) is -1.34. The molecule has 0 fully saturated rings. The van der Waals surface area contributed by atoms with Crippen molar-refractivity contribution >= 4 is 29.4 Å². The van der Waals surface area contributed by atoms with Gasteiger partial charge in [-0.25, -0.2) is 14.6 Å². The molecule has 4 rings (SSSR count). The van der Waals surface area contributed by atoms with Crippen molar-refractivity contribution in [3.8, 4) is 0 Å². The maximum Gasteiger partial charge on any atom is 0.341 e. The van der Waals surface area contributed by atoms with Crippen LogP contribution in [0.25, 0.3) is 0 Å². The summed E-state index contributed by atoms with van der Waals surface area (Å²) in [6.45, 7) is 3.35. The Morgan fingerprint density at radius 3 is 2.62 bits per heavy atom. The van der Waals surface area contributed by atoms with Crippen molar-refractivity contribution in [2.45, 2.75) is 25.5 Å². The first-order valence-corrected chi connectivity index (χ1v) is 9.96. The summed E-state index contributed by atoms with van der Waals surface area (Å²) in [7, 11) is 0. The predicted octanol–water partition coefficient (Wildman–Crippen LogP) is 3.47. The number of nitrogens with one attached hydrogen (secondary N) is 2. The average molecular weight is 434 g/mol. The Kier molecular flexibility index (Phi) is 5.50. The van der Waals surface area contributed by atoms with Crippen molar-refractivity contribution in [3.63, 3.8) is 0 Å². The first kappa shape index (κ1) is 21.3. The van der Waals surface area contributed by atoms with Crippen LogP contribution in [0.4, 0.5) is 17.5 Å². The molecule has 2 aromatic carbocycles. The number of carboxylic acids is 1. The molecule has 164 valence electrons. The molecule has 1 aliphatic rings. The van der Waals surface area contributed by atoms with E-state index in [0.717, 1.165) is 11.1 Å². The number of aliphatic hydroxyl groups is 1. The number of aromatic carboxylic acids is 1. The summed E-state index contributed by atoms with van der Waals surface area (Å²) in [5.41, 5.74) is 1.75. The highest BCUT2D eigenvalue weighted by Gasteiger charge is 2.37. The average Bonchev–Trinajstić information content (AvgIpc) is 3.00. The summed E-state index contributed by atoms with van der Waals surface area (Å²) in [4.78, 5) is 32.1. The van der Waals surface area contributed by atoms with Gasteiger partial charge in [0.25, 0.3) is 0 Å². The minimum absolute atomic E-state index is 0.0675. The molecular weight excluding hydrogens is 412 g/mol. The van der Waals surface area contributed by atoms with Gasteiger partial charge in [-0.1, -0.05) is 30.3 Å². The molecule has 0 saturated carbocycles. The van der Waals surface area contributed by atoms with Crippen LogP contribution in [0.2, 0.25) is 0 Å². The van der Waals surface area contributed by atoms with Crippen LogP contribution in [-0.4, -0.2) is 38.7 Å². The standard InChI is InChI=1S/C23H22N4O5/c1-23(2)17-10-14(8-9-15(17)21(31)32-23)25-22-24-11-16(20(29)30)19(27-22)26-18(12-28)13-6-4-3-5-7-13/h3-11,18,28H,12H2,1-2H3,(H,29,30)(H2,24,25,26,27)/t18-/m1/s1. The number of carbonyl (C=O) groups is 2. The third-order valence-corrected chi connectivity index (χ3v) is 5.21. The Balaban J connectivity index is 1.64. The fraction of sp³-hybridized carbons (Fsp3) is 0.217. The van der Waals surface area contributed by atoms with Gasteiger partial charge in [0.1, 0.15) is 17.0 Å². The maximum absolute atomic E-state index is 12.0. The topological polar surface area (TPSA) is 134 Å². The van der Waals surface area contributed by atoms with E-state index in [0.29, 0.717) is 11.3 Å². The number of rotatable bonds is 7. The third kappa shape index (κ3) is 4.10. The molecule has 1 aromatic heterocycles. The van der Waals surface area contributed by atoms with Crippen LogP contribution >= 0.6 is 0 Å². The molecule has 3 aromatic rings. The predicted molar refractivity (Wildman–Crippen MR) is 117 cm³/mol. The van der Waals surface area contributed by atoms with Crippen LogP contribution < -0.4 is 10.6 Å². The third-order valence-electron chi connectivity index (χ3n) is 5.21. The lowest BCUT2D eigenvalue weighted by Crippen LogP contribution is -2.19. The van der Waals surface area contributed by atoms with E-state index in [9.17, 15) is 19.8 Å². The number of aliphatic hydroxyl groups excluding tert-OH is 1. The molecule has 2 heterocycles. The zero-order valence-corrected chi connectivity index (χ0v) is 17.5. The number of cyclic esters (lactones) is 1. The Labute approximate surface area is 184 Å². The Bertz CT molecular complexity index is 1180. The molecular formula is C23H22N4O5. The van der Waals surface area contributed by atoms with E-state index in [1.807, 2.05) is 30.3 Å². The van der Waals surface area contributed by atoms with Gasteiger partial charge in [-0.15, -0.1) is 0 Å². The molecule has 32 heavy (non-hydrogen) atoms. The van der Waals surface area contributed by atoms with Gasteiger partial charge in [-0.05, 0) is 37.6 Å². The van der Waals surface area contributed by atoms with Gasteiger partial charge in [0.15, 0.2) is 0 Å². The lowest BCUT2D eigenvalue weighted by Gasteiger charge is -2.19. The van der Waals surface area contributed by atoms with Crippen molar-refractivity contribution in [1.29, 1.82) is 0 Å². The molecule has 0 radical (unpaired) electrons. The van der Waals surface area contributed by atoms with Crippen molar-refractivity contribution in [3.05, 3.63) is 77.0 Å². The lowest BCUT2D eigenvalue weighted by molar-refractivity contribution is 0.00952. The number of esters is 1. The first-order valence-electron chi connectivity index (χ1n) is 9.96. The number of fused-ring (bicyclic) bond motifs is 1. The van der Waals surface area contributed by atoms with Gasteiger partial charge in [0.05, 0.1) is 18.2 Å². The number of anilines is 3. The second-order valence-electron chi connectivity index (χ2n) is 7.84. The number of benzene rings is 2. The van der Waals surface area contributed by atoms with Gasteiger partial charge in [-0.3, -0.25) is 0 Å². The minimum atomic E-state index is -1.20. The quantitative estimate of drug-likeness (QED) is 0.412. The summed E-state index contributed by atoms with van der Waals surface area (Å²) in [6, 6.07) is 13.7. The number of carboxylic acid groups (broad SMARTS) is 1. The van der Waals surface area contributed by atoms with E-state index in [1.54, 1.807) is 32.0 Å². The van der Waals surface area contributed by atoms with Gasteiger partial charge >= 0.3 is 11.9 Å². The number of hydrogen-bond donors (Lipinski definition) is 4. The summed E-state index contributed by atoms with van der Waals surface area (Å²) in [6.07, 6.45) is 1.20. The van der Waals surface area contributed by atoms with E-state index in [2.05, 4.69) is 20.6 Å². The highest BCUT2D eigenvalue weighted by Crippen LogP contribution is 2.37. The summed E-state index contributed by atoms with van der Waals surface area (Å²) < 4.78 is 5.39. The highest BCUT2D eigenvalue weighted by atomic mass is 16.6. The molecule has 0 bridgehead atoms. The minimum Gasteiger partial charge on any atom is -0.477 e. The monoisotopic (exact) mass is 434 g/mol. The van der Waals surface area contributed by atoms with Crippen molar-refractivity contribution < 1.29 is 24.5 Å². The van der Waals surface area contributed by atoms with E-state index >= 15 is 0 Å². The van der Waals surface area contributed by atoms with Crippen molar-refractivity contribution in [2.24, 2.45) is 0 Å². The molecule has 9 nitrogen and oxygen atoms in total. The fourth-order valence-corrected chi connectivity index (χ4v) is 3.56. The lowest BCUT2D eigenvalue weighted by atomic mass is 9.95. The molecule has 1 aliphatic heterocycles. The zero-order valence-electron chi connectivity index (χ0n) is 17.5. The number of carbonyl (C=O) groups excluding carboxylic acids is 1. The molecule has 1 atom stereocenters. The largest absolute Gasteiger partial charge is 0.477 e. The van der Waals surface area contributed by atoms with Crippen molar-refractivity contribution in [2.75, 3.05) is 17.2 Å². The van der Waals surface area contributed by atoms with Crippen LogP contribution in [0.5, 0.6) is 0 Å². The number of aromatic nitrogens is 2. The Morgan fingerprint density at radius 1 is 1.19 bits per heavy atom. The summed E-state index contributed by atoms with van der Waals surface area (Å²) in [5, 5.41) is 25.4. The second-order valence-corrected chi connectivity index (χ2v) is 7.84. The Hall–Kier alpha value is -3.98. The zero-order chi connectivity index (χ0) is 22.9. The maximum atomic E-state index is 12.0. The SMILES string of the molecule is CC1(C)OC(=O)c2ccc(Nc3ncc(C(=O)O)c(N[C@H](CO)c4ccccc4)n3)cc21. The van der Waals surface area contributed by atoms with Gasteiger partial charge in [0.2, 0.25) is 5.95 Å². The molecule has 0 spiro atoms. The molecule has 0 unspecified atom stereocenters. The van der Waals surface area contributed by atoms with Crippen molar-refractivity contribution in [1.82, 2.24) is 9.97 Å². The summed E-state index contributed by atoms with van der Waals surface area (Å²) >= 11 is 0. The molecule has 4 N–H and O–H groups in total. The number of ether oxygens (including phenoxy) is 1. The van der Waals surface area contributed by atoms with Gasteiger partial charge in [-0.2, -0.15) is 4.98 Å². The van der Waals surface area contributed by atoms with E-state index < -0.39 is 17.6 Å². The smallest absolute Gasteiger partial charge is 0.341 e. The number of hydrogen-bond acceptors (Lipinski definition) is 8. The molecule has 0 amide bonds. The van der Waals surface area contributed by atoms with E-state index in [1.165, 1.54) is 6.20 Å². The number of nitrogens with zero attached hydrogens (tertiary/aromatic N) is 2. The van der Waals surface area contributed by atoms with E-state index in [-0.39, 0.29) is 29.9 Å². The Morgan fingerprint density at radius 2 is 1.94 bits per heavy atom. The van der Waals surface area contributed by atoms with Crippen LogP contribution in [0.1, 0.15) is 51.7 Å². The molecule has 9 heteroatoms. The van der Waals surface area contributed by atoms with Crippen LogP contribution in [-0.2, 0) is 10.3 Å². The fourth-order valence-electron chi connectivity index (χ4n) is 3.56. The van der Waals surface area contributed by atoms with Gasteiger partial charge < -0.3 is 25.6 Å². The van der Waals surface area contributed by atoms with E-state index in [4.69, 9.17) is 4.74 Å². The molecule has 0 aliphatic carbocycles. The second kappa shape index (κ2) is 8.27.